The molecule has 0 atom stereocenters. The molecule has 5 heteroatoms. The largest absolute Gasteiger partial charge is 0.508 e. The Labute approximate surface area is 142 Å². The number of anilines is 4. The van der Waals surface area contributed by atoms with E-state index < -0.39 is 0 Å². The van der Waals surface area contributed by atoms with Crippen LogP contribution >= 0.6 is 0 Å². The summed E-state index contributed by atoms with van der Waals surface area (Å²) < 4.78 is 0. The first-order chi connectivity index (χ1) is 11.4. The predicted molar refractivity (Wildman–Crippen MR) is 103 cm³/mol. The summed E-state index contributed by atoms with van der Waals surface area (Å²) in [5.41, 5.74) is 25.7. The molecule has 0 bridgehead atoms. The Balaban J connectivity index is 0.000000180. The van der Waals surface area contributed by atoms with Crippen LogP contribution in [0.3, 0.4) is 0 Å². The Morgan fingerprint density at radius 1 is 0.500 bits per heavy atom. The first-order valence-corrected chi connectivity index (χ1v) is 7.34. The highest BCUT2D eigenvalue weighted by molar-refractivity contribution is 5.47. The molecule has 3 rings (SSSR count). The summed E-state index contributed by atoms with van der Waals surface area (Å²) in [6.07, 6.45) is 0. The van der Waals surface area contributed by atoms with E-state index in [0.29, 0.717) is 5.69 Å². The summed E-state index contributed by atoms with van der Waals surface area (Å²) in [7, 11) is 0. The Kier molecular flexibility index (Phi) is 7.51. The molecule has 3 aromatic carbocycles. The smallest absolute Gasteiger partial charge is 0.115 e. The maximum absolute atomic E-state index is 8.70. The van der Waals surface area contributed by atoms with Crippen LogP contribution in [0.2, 0.25) is 0 Å². The number of nitrogens with two attached hydrogens (primary N) is 4. The lowest BCUT2D eigenvalue weighted by molar-refractivity contribution is 0.475. The van der Waals surface area contributed by atoms with Gasteiger partial charge in [-0.3, -0.25) is 0 Å². The van der Waals surface area contributed by atoms with Crippen molar-refractivity contribution in [2.24, 2.45) is 0 Å². The van der Waals surface area contributed by atoms with Gasteiger partial charge in [-0.15, -0.1) is 0 Å². The third-order valence-electron chi connectivity index (χ3n) is 2.91. The summed E-state index contributed by atoms with van der Waals surface area (Å²) in [6, 6.07) is 21.3. The van der Waals surface area contributed by atoms with Crippen LogP contribution in [-0.2, 0) is 0 Å². The number of rotatable bonds is 0. The zero-order valence-corrected chi connectivity index (χ0v) is 13.7. The molecular weight excluding hydrogens is 300 g/mol. The van der Waals surface area contributed by atoms with Gasteiger partial charge in [0, 0.05) is 22.7 Å². The fraction of sp³-hybridized carbons (Fsp3) is 0.0526. The topological polar surface area (TPSA) is 124 Å². The van der Waals surface area contributed by atoms with Crippen molar-refractivity contribution in [3.63, 3.8) is 0 Å². The molecule has 126 valence electrons. The standard InChI is InChI=1S/C7H9N.C6H8N2.C6H7NO/c1-6-2-4-7(8)5-3-6;7-5-1-2-6(8)4-3-5;7-5-1-3-6(8)4-2-5/h2-5H,8H2,1H3;1-4H,7-8H2;1-4,8H,7H2. The lowest BCUT2D eigenvalue weighted by Crippen LogP contribution is -1.86. The van der Waals surface area contributed by atoms with Gasteiger partial charge >= 0.3 is 0 Å². The molecule has 0 heterocycles. The SMILES string of the molecule is Cc1ccc(N)cc1.Nc1ccc(N)cc1.Nc1ccc(O)cc1. The van der Waals surface area contributed by atoms with Crippen LogP contribution in [0.15, 0.2) is 72.8 Å². The van der Waals surface area contributed by atoms with Crippen molar-refractivity contribution >= 4 is 22.7 Å². The van der Waals surface area contributed by atoms with Crippen LogP contribution in [-0.4, -0.2) is 5.11 Å². The first-order valence-electron chi connectivity index (χ1n) is 7.34. The fourth-order valence-electron chi connectivity index (χ4n) is 1.54. The Bertz CT molecular complexity index is 541. The molecule has 5 nitrogen and oxygen atoms in total. The van der Waals surface area contributed by atoms with E-state index in [1.54, 1.807) is 48.5 Å². The maximum Gasteiger partial charge on any atom is 0.115 e. The van der Waals surface area contributed by atoms with Crippen LogP contribution in [0, 0.1) is 6.92 Å². The molecule has 0 aliphatic carbocycles. The molecule has 0 aliphatic heterocycles. The molecule has 0 radical (unpaired) electrons. The summed E-state index contributed by atoms with van der Waals surface area (Å²) in [5.74, 6) is 0.249. The molecule has 0 unspecified atom stereocenters. The van der Waals surface area contributed by atoms with Crippen molar-refractivity contribution in [3.8, 4) is 5.75 Å². The molecule has 0 spiro atoms. The molecule has 0 amide bonds. The molecular formula is C19H24N4O. The first kappa shape index (κ1) is 18.7. The van der Waals surface area contributed by atoms with Gasteiger partial charge in [0.25, 0.3) is 0 Å². The number of aryl methyl sites for hydroxylation is 1. The van der Waals surface area contributed by atoms with Gasteiger partial charge in [-0.1, -0.05) is 17.7 Å². The van der Waals surface area contributed by atoms with Crippen LogP contribution in [0.25, 0.3) is 0 Å². The van der Waals surface area contributed by atoms with Gasteiger partial charge in [-0.05, 0) is 67.6 Å². The minimum absolute atomic E-state index is 0.249. The zero-order chi connectivity index (χ0) is 17.9. The number of hydrogen-bond acceptors (Lipinski definition) is 5. The Morgan fingerprint density at radius 3 is 1.00 bits per heavy atom. The number of hydrogen-bond donors (Lipinski definition) is 5. The number of phenols is 1. The number of nitrogen functional groups attached to an aromatic ring is 4. The van der Waals surface area contributed by atoms with Crippen molar-refractivity contribution in [1.29, 1.82) is 0 Å². The van der Waals surface area contributed by atoms with E-state index in [-0.39, 0.29) is 5.75 Å². The van der Waals surface area contributed by atoms with Crippen molar-refractivity contribution < 1.29 is 5.11 Å². The molecule has 0 fully saturated rings. The van der Waals surface area contributed by atoms with E-state index in [2.05, 4.69) is 0 Å². The fourth-order valence-corrected chi connectivity index (χ4v) is 1.54. The molecule has 0 aliphatic rings. The van der Waals surface area contributed by atoms with Gasteiger partial charge < -0.3 is 28.0 Å². The molecule has 0 saturated heterocycles. The van der Waals surface area contributed by atoms with Crippen LogP contribution < -0.4 is 22.9 Å². The van der Waals surface area contributed by atoms with E-state index in [4.69, 9.17) is 28.0 Å². The average molecular weight is 324 g/mol. The lowest BCUT2D eigenvalue weighted by Gasteiger charge is -1.90. The molecule has 0 saturated carbocycles. The molecule has 9 N–H and O–H groups in total. The Morgan fingerprint density at radius 2 is 0.750 bits per heavy atom. The van der Waals surface area contributed by atoms with Crippen LogP contribution in [0.5, 0.6) is 5.75 Å². The van der Waals surface area contributed by atoms with E-state index >= 15 is 0 Å². The lowest BCUT2D eigenvalue weighted by atomic mass is 10.2. The van der Waals surface area contributed by atoms with Crippen LogP contribution in [0.4, 0.5) is 22.7 Å². The summed E-state index contributed by atoms with van der Waals surface area (Å²) in [5, 5.41) is 8.70. The second-order valence-corrected chi connectivity index (χ2v) is 5.17. The maximum atomic E-state index is 8.70. The number of benzene rings is 3. The van der Waals surface area contributed by atoms with E-state index in [1.165, 1.54) is 5.56 Å². The minimum Gasteiger partial charge on any atom is -0.508 e. The number of aromatic hydroxyl groups is 1. The molecule has 0 aromatic heterocycles. The highest BCUT2D eigenvalue weighted by atomic mass is 16.3. The third-order valence-corrected chi connectivity index (χ3v) is 2.91. The molecule has 24 heavy (non-hydrogen) atoms. The second-order valence-electron chi connectivity index (χ2n) is 5.17. The summed E-state index contributed by atoms with van der Waals surface area (Å²) in [6.45, 7) is 2.04. The quantitative estimate of drug-likeness (QED) is 0.320. The van der Waals surface area contributed by atoms with Gasteiger partial charge in [0.15, 0.2) is 0 Å². The zero-order valence-electron chi connectivity index (χ0n) is 13.7. The van der Waals surface area contributed by atoms with Crippen molar-refractivity contribution in [2.45, 2.75) is 6.92 Å². The summed E-state index contributed by atoms with van der Waals surface area (Å²) >= 11 is 0. The van der Waals surface area contributed by atoms with Gasteiger partial charge in [-0.25, -0.2) is 0 Å². The van der Waals surface area contributed by atoms with Crippen molar-refractivity contribution in [2.75, 3.05) is 22.9 Å². The monoisotopic (exact) mass is 324 g/mol. The third kappa shape index (κ3) is 8.19. The van der Waals surface area contributed by atoms with Gasteiger partial charge in [-0.2, -0.15) is 0 Å². The van der Waals surface area contributed by atoms with Gasteiger partial charge in [0.2, 0.25) is 0 Å². The Hall–Kier alpha value is -3.34. The van der Waals surface area contributed by atoms with Crippen LogP contribution in [0.1, 0.15) is 5.56 Å². The summed E-state index contributed by atoms with van der Waals surface area (Å²) in [4.78, 5) is 0. The van der Waals surface area contributed by atoms with E-state index in [1.807, 2.05) is 31.2 Å². The van der Waals surface area contributed by atoms with Gasteiger partial charge in [0.05, 0.1) is 0 Å². The molecule has 3 aromatic rings. The van der Waals surface area contributed by atoms with Crippen molar-refractivity contribution in [3.05, 3.63) is 78.4 Å². The average Bonchev–Trinajstić information content (AvgIpc) is 2.57. The minimum atomic E-state index is 0.249. The van der Waals surface area contributed by atoms with E-state index in [9.17, 15) is 0 Å². The van der Waals surface area contributed by atoms with E-state index in [0.717, 1.165) is 17.1 Å². The van der Waals surface area contributed by atoms with Gasteiger partial charge in [0.1, 0.15) is 5.75 Å². The highest BCUT2D eigenvalue weighted by Crippen LogP contribution is 2.09. The second kappa shape index (κ2) is 9.63. The normalized spacial score (nSPS) is 9.04. The predicted octanol–water partition coefficient (Wildman–Crippen LogP) is 3.40. The van der Waals surface area contributed by atoms with Crippen molar-refractivity contribution in [1.82, 2.24) is 0 Å². The number of phenolic OH excluding ortho intramolecular Hbond substituents is 1. The highest BCUT2D eigenvalue weighted by Gasteiger charge is 1.83.